The van der Waals surface area contributed by atoms with Gasteiger partial charge in [-0.25, -0.2) is 0 Å². The Labute approximate surface area is 168 Å². The molecular weight excluding hydrogens is 360 g/mol. The molecule has 0 bridgehead atoms. The highest BCUT2D eigenvalue weighted by Crippen LogP contribution is 2.23. The monoisotopic (exact) mass is 392 g/mol. The van der Waals surface area contributed by atoms with Crippen molar-refractivity contribution >= 4 is 17.5 Å². The smallest absolute Gasteiger partial charge is 0.237 e. The summed E-state index contributed by atoms with van der Waals surface area (Å²) in [5.41, 5.74) is 1.16. The molecular formula is C21H33ClN4O. The highest BCUT2D eigenvalue weighted by molar-refractivity contribution is 6.30. The third kappa shape index (κ3) is 5.67. The van der Waals surface area contributed by atoms with Crippen LogP contribution in [0.1, 0.15) is 38.2 Å². The van der Waals surface area contributed by atoms with Crippen LogP contribution >= 0.6 is 11.6 Å². The number of carbonyl (C=O) groups excluding carboxylic acids is 1. The predicted octanol–water partition coefficient (Wildman–Crippen LogP) is 2.49. The molecule has 2 N–H and O–H groups in total. The van der Waals surface area contributed by atoms with Crippen molar-refractivity contribution in [3.8, 4) is 0 Å². The van der Waals surface area contributed by atoms with Gasteiger partial charge in [0.1, 0.15) is 0 Å². The maximum Gasteiger partial charge on any atom is 0.237 e. The number of benzene rings is 1. The van der Waals surface area contributed by atoms with Gasteiger partial charge in [0, 0.05) is 37.2 Å². The normalized spacial score (nSPS) is 25.0. The second kappa shape index (κ2) is 9.87. The first-order chi connectivity index (χ1) is 13.1. The van der Waals surface area contributed by atoms with Crippen molar-refractivity contribution in [3.05, 3.63) is 34.9 Å². The van der Waals surface area contributed by atoms with Gasteiger partial charge in [0.05, 0.1) is 6.04 Å². The fourth-order valence-electron chi connectivity index (χ4n) is 4.48. The topological polar surface area (TPSA) is 47.6 Å². The highest BCUT2D eigenvalue weighted by Gasteiger charge is 2.37. The van der Waals surface area contributed by atoms with Gasteiger partial charge in [-0.1, -0.05) is 30.7 Å². The molecule has 2 atom stereocenters. The van der Waals surface area contributed by atoms with E-state index in [1.54, 1.807) is 7.05 Å². The SMILES string of the molecule is CCCN1CCC(N[C@H]2C[C@@H](C(=O)NC)N(Cc3cccc(Cl)c3)C2)CC1. The van der Waals surface area contributed by atoms with E-state index in [1.807, 2.05) is 18.2 Å². The molecule has 1 aromatic carbocycles. The Kier molecular flexibility index (Phi) is 7.53. The predicted molar refractivity (Wildman–Crippen MR) is 111 cm³/mol. The fourth-order valence-corrected chi connectivity index (χ4v) is 4.69. The minimum Gasteiger partial charge on any atom is -0.358 e. The molecule has 2 aliphatic rings. The van der Waals surface area contributed by atoms with Crippen molar-refractivity contribution in [1.29, 1.82) is 0 Å². The molecule has 2 heterocycles. The van der Waals surface area contributed by atoms with E-state index < -0.39 is 0 Å². The molecule has 6 heteroatoms. The fraction of sp³-hybridized carbons (Fsp3) is 0.667. The Morgan fingerprint density at radius 1 is 1.26 bits per heavy atom. The number of piperidine rings is 1. The Balaban J connectivity index is 1.57. The molecule has 27 heavy (non-hydrogen) atoms. The molecule has 2 saturated heterocycles. The molecule has 3 rings (SSSR count). The number of halogens is 1. The van der Waals surface area contributed by atoms with E-state index in [2.05, 4.69) is 33.4 Å². The zero-order valence-electron chi connectivity index (χ0n) is 16.6. The second-order valence-electron chi connectivity index (χ2n) is 7.90. The molecule has 0 unspecified atom stereocenters. The Hall–Kier alpha value is -1.14. The number of hydrogen-bond donors (Lipinski definition) is 2. The molecule has 1 amide bonds. The van der Waals surface area contributed by atoms with Crippen LogP contribution in [0, 0.1) is 0 Å². The summed E-state index contributed by atoms with van der Waals surface area (Å²) in [6, 6.07) is 8.80. The van der Waals surface area contributed by atoms with Crippen LogP contribution in [0.25, 0.3) is 0 Å². The molecule has 2 aliphatic heterocycles. The first-order valence-electron chi connectivity index (χ1n) is 10.3. The molecule has 0 saturated carbocycles. The maximum atomic E-state index is 12.4. The number of hydrogen-bond acceptors (Lipinski definition) is 4. The van der Waals surface area contributed by atoms with Crippen molar-refractivity contribution in [1.82, 2.24) is 20.4 Å². The van der Waals surface area contributed by atoms with Gasteiger partial charge in [0.25, 0.3) is 0 Å². The number of nitrogens with zero attached hydrogens (tertiary/aromatic N) is 2. The van der Waals surface area contributed by atoms with Gasteiger partial charge < -0.3 is 15.5 Å². The number of amides is 1. The zero-order valence-corrected chi connectivity index (χ0v) is 17.3. The van der Waals surface area contributed by atoms with Gasteiger partial charge in [-0.2, -0.15) is 0 Å². The number of likely N-dealkylation sites (N-methyl/N-ethyl adjacent to an activating group) is 1. The molecule has 0 aliphatic carbocycles. The largest absolute Gasteiger partial charge is 0.358 e. The van der Waals surface area contributed by atoms with Crippen molar-refractivity contribution in [2.75, 3.05) is 33.2 Å². The van der Waals surface area contributed by atoms with E-state index in [1.165, 1.54) is 38.9 Å². The Morgan fingerprint density at radius 3 is 2.70 bits per heavy atom. The van der Waals surface area contributed by atoms with E-state index in [0.717, 1.165) is 30.1 Å². The standard InChI is InChI=1S/C21H33ClN4O/c1-3-9-25-10-7-18(8-11-25)24-19-13-20(21(27)23-2)26(15-19)14-16-5-4-6-17(22)12-16/h4-6,12,18-20,24H,3,7-11,13-15H2,1-2H3,(H,23,27)/t19-,20-/m0/s1. The van der Waals surface area contributed by atoms with Crippen LogP contribution in [-0.4, -0.2) is 67.1 Å². The Bertz CT molecular complexity index is 618. The van der Waals surface area contributed by atoms with Crippen LogP contribution < -0.4 is 10.6 Å². The third-order valence-corrected chi connectivity index (χ3v) is 6.06. The number of likely N-dealkylation sites (tertiary alicyclic amines) is 2. The summed E-state index contributed by atoms with van der Waals surface area (Å²) >= 11 is 6.13. The van der Waals surface area contributed by atoms with E-state index in [0.29, 0.717) is 12.1 Å². The van der Waals surface area contributed by atoms with Crippen molar-refractivity contribution < 1.29 is 4.79 Å². The maximum absolute atomic E-state index is 12.4. The summed E-state index contributed by atoms with van der Waals surface area (Å²) in [6.07, 6.45) is 4.51. The van der Waals surface area contributed by atoms with Gasteiger partial charge in [-0.15, -0.1) is 0 Å². The zero-order chi connectivity index (χ0) is 19.2. The quantitative estimate of drug-likeness (QED) is 0.748. The summed E-state index contributed by atoms with van der Waals surface area (Å²) in [5.74, 6) is 0.110. The average molecular weight is 393 g/mol. The lowest BCUT2D eigenvalue weighted by molar-refractivity contribution is -0.125. The summed E-state index contributed by atoms with van der Waals surface area (Å²) in [7, 11) is 1.73. The summed E-state index contributed by atoms with van der Waals surface area (Å²) in [5, 5.41) is 7.43. The number of nitrogens with one attached hydrogen (secondary N) is 2. The molecule has 0 spiro atoms. The summed E-state index contributed by atoms with van der Waals surface area (Å²) in [4.78, 5) is 17.3. The lowest BCUT2D eigenvalue weighted by atomic mass is 10.0. The summed E-state index contributed by atoms with van der Waals surface area (Å²) < 4.78 is 0. The average Bonchev–Trinajstić information content (AvgIpc) is 3.05. The van der Waals surface area contributed by atoms with Crippen LogP contribution in [0.2, 0.25) is 5.02 Å². The van der Waals surface area contributed by atoms with E-state index >= 15 is 0 Å². The minimum absolute atomic E-state index is 0.0772. The molecule has 5 nitrogen and oxygen atoms in total. The van der Waals surface area contributed by atoms with E-state index in [-0.39, 0.29) is 11.9 Å². The molecule has 0 radical (unpaired) electrons. The lowest BCUT2D eigenvalue weighted by Gasteiger charge is -2.33. The van der Waals surface area contributed by atoms with Crippen LogP contribution in [0.5, 0.6) is 0 Å². The Morgan fingerprint density at radius 2 is 2.04 bits per heavy atom. The highest BCUT2D eigenvalue weighted by atomic mass is 35.5. The molecule has 150 valence electrons. The van der Waals surface area contributed by atoms with Crippen LogP contribution in [0.15, 0.2) is 24.3 Å². The van der Waals surface area contributed by atoms with Gasteiger partial charge in [0.2, 0.25) is 5.91 Å². The van der Waals surface area contributed by atoms with Gasteiger partial charge >= 0.3 is 0 Å². The lowest BCUT2D eigenvalue weighted by Crippen LogP contribution is -2.47. The van der Waals surface area contributed by atoms with Crippen molar-refractivity contribution in [2.24, 2.45) is 0 Å². The second-order valence-corrected chi connectivity index (χ2v) is 8.34. The van der Waals surface area contributed by atoms with Gasteiger partial charge in [-0.05, 0) is 63.0 Å². The van der Waals surface area contributed by atoms with E-state index in [4.69, 9.17) is 11.6 Å². The third-order valence-electron chi connectivity index (χ3n) is 5.83. The van der Waals surface area contributed by atoms with Crippen LogP contribution in [-0.2, 0) is 11.3 Å². The number of carbonyl (C=O) groups is 1. The van der Waals surface area contributed by atoms with Crippen LogP contribution in [0.3, 0.4) is 0 Å². The van der Waals surface area contributed by atoms with Gasteiger partial charge in [0.15, 0.2) is 0 Å². The first kappa shape index (κ1) is 20.6. The van der Waals surface area contributed by atoms with Gasteiger partial charge in [-0.3, -0.25) is 9.69 Å². The summed E-state index contributed by atoms with van der Waals surface area (Å²) in [6.45, 7) is 7.48. The number of rotatable bonds is 7. The van der Waals surface area contributed by atoms with Crippen molar-refractivity contribution in [3.63, 3.8) is 0 Å². The van der Waals surface area contributed by atoms with Crippen molar-refractivity contribution in [2.45, 2.75) is 57.3 Å². The molecule has 1 aromatic rings. The van der Waals surface area contributed by atoms with E-state index in [9.17, 15) is 4.79 Å². The minimum atomic E-state index is -0.0772. The molecule has 0 aromatic heterocycles. The molecule has 2 fully saturated rings. The first-order valence-corrected chi connectivity index (χ1v) is 10.6. The van der Waals surface area contributed by atoms with Crippen LogP contribution in [0.4, 0.5) is 0 Å².